The molecule has 1 aromatic carbocycles. The van der Waals surface area contributed by atoms with Crippen molar-refractivity contribution in [2.24, 2.45) is 5.92 Å². The van der Waals surface area contributed by atoms with E-state index in [1.54, 1.807) is 0 Å². The number of benzene rings is 1. The third-order valence-corrected chi connectivity index (χ3v) is 4.75. The summed E-state index contributed by atoms with van der Waals surface area (Å²) in [5, 5.41) is 3.07. The number of allylic oxidation sites excluding steroid dienone is 2. The van der Waals surface area contributed by atoms with Crippen LogP contribution in [0.5, 0.6) is 11.5 Å². The van der Waals surface area contributed by atoms with Gasteiger partial charge in [-0.2, -0.15) is 0 Å². The first-order valence-electron chi connectivity index (χ1n) is 7.68. The lowest BCUT2D eigenvalue weighted by molar-refractivity contribution is -0.122. The maximum atomic E-state index is 12.2. The molecule has 5 heteroatoms. The number of hydrogen-bond acceptors (Lipinski definition) is 3. The second-order valence-corrected chi connectivity index (χ2v) is 6.63. The molecule has 2 aliphatic rings. The summed E-state index contributed by atoms with van der Waals surface area (Å²) in [4.78, 5) is 12.2. The van der Waals surface area contributed by atoms with Gasteiger partial charge in [-0.25, -0.2) is 0 Å². The molecule has 22 heavy (non-hydrogen) atoms. The third-order valence-electron chi connectivity index (χ3n) is 4.07. The summed E-state index contributed by atoms with van der Waals surface area (Å²) in [5.41, 5.74) is 1.000. The van der Waals surface area contributed by atoms with Crippen LogP contribution >= 0.6 is 15.9 Å². The van der Waals surface area contributed by atoms with Crippen molar-refractivity contribution in [3.8, 4) is 11.5 Å². The van der Waals surface area contributed by atoms with Crippen molar-refractivity contribution in [2.75, 3.05) is 13.2 Å². The Morgan fingerprint density at radius 1 is 1.36 bits per heavy atom. The number of fused-ring (bicyclic) bond motifs is 1. The summed E-state index contributed by atoms with van der Waals surface area (Å²) in [6.45, 7) is 3.11. The highest BCUT2D eigenvalue weighted by molar-refractivity contribution is 9.10. The Bertz CT molecular complexity index is 600. The van der Waals surface area contributed by atoms with Gasteiger partial charge in [0.25, 0.3) is 0 Å². The Morgan fingerprint density at radius 3 is 2.77 bits per heavy atom. The maximum Gasteiger partial charge on any atom is 0.221 e. The first-order valence-corrected chi connectivity index (χ1v) is 8.48. The summed E-state index contributed by atoms with van der Waals surface area (Å²) in [6.07, 6.45) is 7.02. The average molecular weight is 366 g/mol. The van der Waals surface area contributed by atoms with E-state index in [1.807, 2.05) is 19.1 Å². The summed E-state index contributed by atoms with van der Waals surface area (Å²) >= 11 is 3.56. The molecule has 1 aliphatic carbocycles. The van der Waals surface area contributed by atoms with Crippen molar-refractivity contribution in [3.05, 3.63) is 34.3 Å². The summed E-state index contributed by atoms with van der Waals surface area (Å²) in [6, 6.07) is 3.77. The summed E-state index contributed by atoms with van der Waals surface area (Å²) in [5.74, 6) is 1.96. The standard InChI is InChI=1S/C17H20BrNO3/c1-11(19-17(20)8-12-4-2-3-5-12)13-9-15-16(10-14(13)18)22-7-6-21-15/h2,4,9-12H,3,5-8H2,1H3,(H,19,20)/t11-,12+/m1/s1. The summed E-state index contributed by atoms with van der Waals surface area (Å²) < 4.78 is 12.1. The molecular formula is C17H20BrNO3. The Hall–Kier alpha value is -1.49. The molecule has 2 atom stereocenters. The zero-order valence-electron chi connectivity index (χ0n) is 12.6. The van der Waals surface area contributed by atoms with Crippen LogP contribution in [0, 0.1) is 5.92 Å². The first-order chi connectivity index (χ1) is 10.6. The SMILES string of the molecule is C[C@@H](NC(=O)C[C@H]1C=CCC1)c1cc2c(cc1Br)OCCO2. The van der Waals surface area contributed by atoms with Gasteiger partial charge in [-0.05, 0) is 43.4 Å². The average Bonchev–Trinajstić information content (AvgIpc) is 2.99. The first kappa shape index (κ1) is 15.4. The molecule has 4 nitrogen and oxygen atoms in total. The molecule has 0 radical (unpaired) electrons. The number of hydrogen-bond donors (Lipinski definition) is 1. The van der Waals surface area contributed by atoms with Crippen LogP contribution in [0.4, 0.5) is 0 Å². The zero-order chi connectivity index (χ0) is 15.5. The minimum absolute atomic E-state index is 0.0805. The molecule has 0 saturated carbocycles. The molecule has 1 amide bonds. The quantitative estimate of drug-likeness (QED) is 0.826. The lowest BCUT2D eigenvalue weighted by Crippen LogP contribution is -2.28. The highest BCUT2D eigenvalue weighted by Gasteiger charge is 2.20. The molecule has 0 unspecified atom stereocenters. The number of amides is 1. The van der Waals surface area contributed by atoms with Crippen LogP contribution in [0.25, 0.3) is 0 Å². The lowest BCUT2D eigenvalue weighted by Gasteiger charge is -2.22. The van der Waals surface area contributed by atoms with Gasteiger partial charge in [0.15, 0.2) is 11.5 Å². The number of carbonyl (C=O) groups excluding carboxylic acids is 1. The van der Waals surface area contributed by atoms with Gasteiger partial charge in [-0.15, -0.1) is 0 Å². The van der Waals surface area contributed by atoms with E-state index in [2.05, 4.69) is 33.4 Å². The predicted octanol–water partition coefficient (Wildman–Crippen LogP) is 3.75. The Morgan fingerprint density at radius 2 is 2.09 bits per heavy atom. The van der Waals surface area contributed by atoms with Crippen LogP contribution in [-0.2, 0) is 4.79 Å². The van der Waals surface area contributed by atoms with Crippen molar-refractivity contribution in [1.82, 2.24) is 5.32 Å². The number of carbonyl (C=O) groups is 1. The van der Waals surface area contributed by atoms with Crippen LogP contribution in [0.15, 0.2) is 28.8 Å². The minimum Gasteiger partial charge on any atom is -0.486 e. The summed E-state index contributed by atoms with van der Waals surface area (Å²) in [7, 11) is 0. The van der Waals surface area contributed by atoms with Gasteiger partial charge in [0, 0.05) is 10.9 Å². The fourth-order valence-corrected chi connectivity index (χ4v) is 3.56. The Kier molecular flexibility index (Phi) is 4.71. The van der Waals surface area contributed by atoms with Crippen molar-refractivity contribution in [3.63, 3.8) is 0 Å². The van der Waals surface area contributed by atoms with Crippen LogP contribution in [0.1, 0.15) is 37.8 Å². The second-order valence-electron chi connectivity index (χ2n) is 5.78. The number of halogens is 1. The smallest absolute Gasteiger partial charge is 0.221 e. The zero-order valence-corrected chi connectivity index (χ0v) is 14.2. The molecule has 0 fully saturated rings. The molecule has 1 aliphatic heterocycles. The van der Waals surface area contributed by atoms with Crippen molar-refractivity contribution in [2.45, 2.75) is 32.2 Å². The Labute approximate surface area is 139 Å². The van der Waals surface area contributed by atoms with Crippen LogP contribution in [0.2, 0.25) is 0 Å². The van der Waals surface area contributed by atoms with Crippen molar-refractivity contribution < 1.29 is 14.3 Å². The van der Waals surface area contributed by atoms with Gasteiger partial charge >= 0.3 is 0 Å². The van der Waals surface area contributed by atoms with Gasteiger partial charge in [-0.1, -0.05) is 28.1 Å². The maximum absolute atomic E-state index is 12.2. The third kappa shape index (κ3) is 3.46. The number of rotatable bonds is 4. The van der Waals surface area contributed by atoms with Gasteiger partial charge in [0.05, 0.1) is 6.04 Å². The van der Waals surface area contributed by atoms with E-state index >= 15 is 0 Å². The molecular weight excluding hydrogens is 346 g/mol. The molecule has 1 heterocycles. The molecule has 1 N–H and O–H groups in total. The topological polar surface area (TPSA) is 47.6 Å². The van der Waals surface area contributed by atoms with Gasteiger partial charge in [0.1, 0.15) is 13.2 Å². The van der Waals surface area contributed by atoms with Gasteiger partial charge in [0.2, 0.25) is 5.91 Å². The Balaban J connectivity index is 1.67. The highest BCUT2D eigenvalue weighted by atomic mass is 79.9. The normalized spacial score (nSPS) is 20.7. The largest absolute Gasteiger partial charge is 0.486 e. The lowest BCUT2D eigenvalue weighted by atomic mass is 10.0. The fourth-order valence-electron chi connectivity index (χ4n) is 2.89. The molecule has 118 valence electrons. The molecule has 3 rings (SSSR count). The monoisotopic (exact) mass is 365 g/mol. The predicted molar refractivity (Wildman–Crippen MR) is 88.2 cm³/mol. The van der Waals surface area contributed by atoms with Gasteiger partial charge in [-0.3, -0.25) is 4.79 Å². The molecule has 0 saturated heterocycles. The van der Waals surface area contributed by atoms with Crippen molar-refractivity contribution in [1.29, 1.82) is 0 Å². The molecule has 0 bridgehead atoms. The van der Waals surface area contributed by atoms with Crippen molar-refractivity contribution >= 4 is 21.8 Å². The van der Waals surface area contributed by atoms with Gasteiger partial charge < -0.3 is 14.8 Å². The van der Waals surface area contributed by atoms with Crippen LogP contribution < -0.4 is 14.8 Å². The van der Waals surface area contributed by atoms with E-state index in [0.717, 1.165) is 34.4 Å². The van der Waals surface area contributed by atoms with E-state index in [0.29, 0.717) is 25.6 Å². The fraction of sp³-hybridized carbons (Fsp3) is 0.471. The second kappa shape index (κ2) is 6.73. The van der Waals surface area contributed by atoms with Crippen LogP contribution in [-0.4, -0.2) is 19.1 Å². The molecule has 0 spiro atoms. The van der Waals surface area contributed by atoms with E-state index in [-0.39, 0.29) is 11.9 Å². The van der Waals surface area contributed by atoms with E-state index in [4.69, 9.17) is 9.47 Å². The van der Waals surface area contributed by atoms with Crippen LogP contribution in [0.3, 0.4) is 0 Å². The van der Waals surface area contributed by atoms with E-state index < -0.39 is 0 Å². The highest BCUT2D eigenvalue weighted by Crippen LogP contribution is 2.37. The number of nitrogens with one attached hydrogen (secondary N) is 1. The minimum atomic E-state index is -0.0805. The number of ether oxygens (including phenoxy) is 2. The molecule has 0 aromatic heterocycles. The van der Waals surface area contributed by atoms with E-state index in [9.17, 15) is 4.79 Å². The molecule has 1 aromatic rings. The van der Waals surface area contributed by atoms with E-state index in [1.165, 1.54) is 0 Å².